The molecule has 5 nitrogen and oxygen atoms in total. The molecule has 1 aromatic rings. The molecule has 1 atom stereocenters. The molecule has 0 spiro atoms. The molecule has 1 saturated heterocycles. The van der Waals surface area contributed by atoms with Gasteiger partial charge in [0.15, 0.2) is 0 Å². The first-order chi connectivity index (χ1) is 10.7. The van der Waals surface area contributed by atoms with Crippen LogP contribution in [0.3, 0.4) is 0 Å². The van der Waals surface area contributed by atoms with E-state index in [2.05, 4.69) is 5.32 Å². The number of rotatable bonds is 4. The van der Waals surface area contributed by atoms with Gasteiger partial charge in [0.05, 0.1) is 11.5 Å². The highest BCUT2D eigenvalue weighted by molar-refractivity contribution is 5.97. The fraction of sp³-hybridized carbons (Fsp3) is 0.467. The highest BCUT2D eigenvalue weighted by Gasteiger charge is 2.34. The molecule has 1 fully saturated rings. The molecule has 1 aromatic carbocycles. The van der Waals surface area contributed by atoms with Crippen molar-refractivity contribution in [3.8, 4) is 0 Å². The molecule has 1 unspecified atom stereocenters. The summed E-state index contributed by atoms with van der Waals surface area (Å²) in [5.41, 5.74) is 4.85. The number of likely N-dealkylation sites (tertiary alicyclic amines) is 1. The lowest BCUT2D eigenvalue weighted by molar-refractivity contribution is -0.137. The van der Waals surface area contributed by atoms with Gasteiger partial charge in [-0.05, 0) is 30.7 Å². The monoisotopic (exact) mass is 329 g/mol. The molecule has 1 heterocycles. The third kappa shape index (κ3) is 4.01. The fourth-order valence-corrected chi connectivity index (χ4v) is 2.54. The van der Waals surface area contributed by atoms with Gasteiger partial charge in [-0.25, -0.2) is 0 Å². The summed E-state index contributed by atoms with van der Waals surface area (Å²) in [6.45, 7) is 2.52. The second-order valence-electron chi connectivity index (χ2n) is 5.44. The quantitative estimate of drug-likeness (QED) is 0.887. The molecular formula is C15H18F3N3O2. The number of carbonyl (C=O) groups excluding carboxylic acids is 2. The Kier molecular flexibility index (Phi) is 4.93. The van der Waals surface area contributed by atoms with Crippen molar-refractivity contribution in [2.45, 2.75) is 26.1 Å². The van der Waals surface area contributed by atoms with Crippen LogP contribution in [0.2, 0.25) is 0 Å². The summed E-state index contributed by atoms with van der Waals surface area (Å²) in [7, 11) is 0. The van der Waals surface area contributed by atoms with Crippen molar-refractivity contribution >= 4 is 17.5 Å². The highest BCUT2D eigenvalue weighted by Crippen LogP contribution is 2.32. The Labute approximate surface area is 131 Å². The van der Waals surface area contributed by atoms with E-state index in [0.29, 0.717) is 6.54 Å². The van der Waals surface area contributed by atoms with Crippen molar-refractivity contribution in [1.29, 1.82) is 0 Å². The number of amides is 2. The molecule has 0 radical (unpaired) electrons. The van der Waals surface area contributed by atoms with Crippen molar-refractivity contribution in [1.82, 2.24) is 4.90 Å². The van der Waals surface area contributed by atoms with Gasteiger partial charge in [0.2, 0.25) is 11.8 Å². The van der Waals surface area contributed by atoms with Crippen molar-refractivity contribution in [2.75, 3.05) is 18.4 Å². The standard InChI is InChI=1S/C15H18F3N3O2/c1-2-21-8-10(5-13(21)22)14(23)20-12-4-9(7-19)3-11(6-12)15(16,17)18/h3-4,6,10H,2,5,7-8,19H2,1H3,(H,20,23). The maximum Gasteiger partial charge on any atom is 0.416 e. The van der Waals surface area contributed by atoms with Crippen molar-refractivity contribution < 1.29 is 22.8 Å². The zero-order valence-electron chi connectivity index (χ0n) is 12.6. The van der Waals surface area contributed by atoms with Crippen molar-refractivity contribution in [3.05, 3.63) is 29.3 Å². The molecule has 3 N–H and O–H groups in total. The van der Waals surface area contributed by atoms with E-state index in [4.69, 9.17) is 5.73 Å². The first kappa shape index (κ1) is 17.3. The van der Waals surface area contributed by atoms with E-state index in [1.807, 2.05) is 0 Å². The third-order valence-corrected chi connectivity index (χ3v) is 3.79. The number of alkyl halides is 3. The largest absolute Gasteiger partial charge is 0.416 e. The second kappa shape index (κ2) is 6.57. The SMILES string of the molecule is CCN1CC(C(=O)Nc2cc(CN)cc(C(F)(F)F)c2)CC1=O. The number of carbonyl (C=O) groups is 2. The van der Waals surface area contributed by atoms with Crippen LogP contribution in [0.15, 0.2) is 18.2 Å². The number of nitrogens with zero attached hydrogens (tertiary/aromatic N) is 1. The summed E-state index contributed by atoms with van der Waals surface area (Å²) < 4.78 is 38.6. The van der Waals surface area contributed by atoms with E-state index in [0.717, 1.165) is 12.1 Å². The average Bonchev–Trinajstić information content (AvgIpc) is 2.87. The molecule has 126 valence electrons. The van der Waals surface area contributed by atoms with Crippen LogP contribution in [0.5, 0.6) is 0 Å². The van der Waals surface area contributed by atoms with Crippen LogP contribution in [0, 0.1) is 5.92 Å². The zero-order valence-corrected chi connectivity index (χ0v) is 12.6. The number of benzene rings is 1. The number of hydrogen-bond acceptors (Lipinski definition) is 3. The van der Waals surface area contributed by atoms with E-state index >= 15 is 0 Å². The fourth-order valence-electron chi connectivity index (χ4n) is 2.54. The Bertz CT molecular complexity index is 616. The van der Waals surface area contributed by atoms with Gasteiger partial charge in [-0.1, -0.05) is 0 Å². The number of nitrogens with one attached hydrogen (secondary N) is 1. The molecule has 8 heteroatoms. The Hall–Kier alpha value is -2.09. The molecule has 0 aromatic heterocycles. The van der Waals surface area contributed by atoms with Crippen LogP contribution >= 0.6 is 0 Å². The molecule has 1 aliphatic heterocycles. The van der Waals surface area contributed by atoms with Gasteiger partial charge in [-0.2, -0.15) is 13.2 Å². The molecule has 2 rings (SSSR count). The van der Waals surface area contributed by atoms with Gasteiger partial charge in [-0.15, -0.1) is 0 Å². The Morgan fingerprint density at radius 1 is 1.39 bits per heavy atom. The predicted molar refractivity (Wildman–Crippen MR) is 78.3 cm³/mol. The van der Waals surface area contributed by atoms with Gasteiger partial charge in [0.1, 0.15) is 0 Å². The first-order valence-electron chi connectivity index (χ1n) is 7.24. The molecule has 0 bridgehead atoms. The Morgan fingerprint density at radius 2 is 2.09 bits per heavy atom. The number of nitrogens with two attached hydrogens (primary N) is 1. The van der Waals surface area contributed by atoms with E-state index in [-0.39, 0.29) is 36.7 Å². The summed E-state index contributed by atoms with van der Waals surface area (Å²) in [5, 5.41) is 2.46. The van der Waals surface area contributed by atoms with Crippen LogP contribution in [-0.4, -0.2) is 29.8 Å². The predicted octanol–water partition coefficient (Wildman–Crippen LogP) is 1.97. The van der Waals surface area contributed by atoms with Crippen molar-refractivity contribution in [3.63, 3.8) is 0 Å². The van der Waals surface area contributed by atoms with Gasteiger partial charge in [0.25, 0.3) is 0 Å². The second-order valence-corrected chi connectivity index (χ2v) is 5.44. The van der Waals surface area contributed by atoms with Gasteiger partial charge in [-0.3, -0.25) is 9.59 Å². The Morgan fingerprint density at radius 3 is 2.61 bits per heavy atom. The van der Waals surface area contributed by atoms with Gasteiger partial charge < -0.3 is 16.0 Å². The minimum atomic E-state index is -4.52. The topological polar surface area (TPSA) is 75.4 Å². The molecule has 0 saturated carbocycles. The van der Waals surface area contributed by atoms with E-state index < -0.39 is 23.6 Å². The smallest absolute Gasteiger partial charge is 0.342 e. The maximum atomic E-state index is 12.9. The normalized spacial score (nSPS) is 18.4. The summed E-state index contributed by atoms with van der Waals surface area (Å²) in [6, 6.07) is 3.22. The minimum Gasteiger partial charge on any atom is -0.342 e. The average molecular weight is 329 g/mol. The highest BCUT2D eigenvalue weighted by atomic mass is 19.4. The van der Waals surface area contributed by atoms with Crippen LogP contribution in [0.4, 0.5) is 18.9 Å². The lowest BCUT2D eigenvalue weighted by Crippen LogP contribution is -2.28. The lowest BCUT2D eigenvalue weighted by Gasteiger charge is -2.15. The Balaban J connectivity index is 2.16. The zero-order chi connectivity index (χ0) is 17.2. The van der Waals surface area contributed by atoms with E-state index in [9.17, 15) is 22.8 Å². The minimum absolute atomic E-state index is 0.0349. The molecular weight excluding hydrogens is 311 g/mol. The van der Waals surface area contributed by atoms with Crippen LogP contribution in [0.1, 0.15) is 24.5 Å². The summed E-state index contributed by atoms with van der Waals surface area (Å²) in [4.78, 5) is 25.4. The van der Waals surface area contributed by atoms with Crippen LogP contribution in [0.25, 0.3) is 0 Å². The van der Waals surface area contributed by atoms with Gasteiger partial charge in [0, 0.05) is 31.7 Å². The summed E-state index contributed by atoms with van der Waals surface area (Å²) in [6.07, 6.45) is -4.45. The van der Waals surface area contributed by atoms with Gasteiger partial charge >= 0.3 is 6.18 Å². The first-order valence-corrected chi connectivity index (χ1v) is 7.24. The summed E-state index contributed by atoms with van der Waals surface area (Å²) >= 11 is 0. The van der Waals surface area contributed by atoms with Crippen molar-refractivity contribution in [2.24, 2.45) is 11.7 Å². The number of anilines is 1. The number of halogens is 3. The van der Waals surface area contributed by atoms with E-state index in [1.54, 1.807) is 11.8 Å². The molecule has 1 aliphatic rings. The molecule has 2 amide bonds. The van der Waals surface area contributed by atoms with Crippen LogP contribution < -0.4 is 11.1 Å². The molecule has 23 heavy (non-hydrogen) atoms. The lowest BCUT2D eigenvalue weighted by atomic mass is 10.1. The molecule has 0 aliphatic carbocycles. The number of hydrogen-bond donors (Lipinski definition) is 2. The van der Waals surface area contributed by atoms with E-state index in [1.165, 1.54) is 6.07 Å². The van der Waals surface area contributed by atoms with Crippen LogP contribution in [-0.2, 0) is 22.3 Å². The summed E-state index contributed by atoms with van der Waals surface area (Å²) in [5.74, 6) is -1.14. The third-order valence-electron chi connectivity index (χ3n) is 3.79. The maximum absolute atomic E-state index is 12.9.